The highest BCUT2D eigenvalue weighted by atomic mass is 16.6. The van der Waals surface area contributed by atoms with E-state index in [2.05, 4.69) is 15.5 Å². The maximum absolute atomic E-state index is 12.1. The predicted molar refractivity (Wildman–Crippen MR) is 76.0 cm³/mol. The highest BCUT2D eigenvalue weighted by Gasteiger charge is 2.19. The number of cyclic esters (lactones) is 1. The smallest absolute Gasteiger partial charge is 0.409 e. The molecule has 2 N–H and O–H groups in total. The number of amides is 2. The van der Waals surface area contributed by atoms with Gasteiger partial charge in [-0.2, -0.15) is 5.10 Å². The lowest BCUT2D eigenvalue weighted by molar-refractivity contribution is 0.0719. The van der Waals surface area contributed by atoms with Gasteiger partial charge in [-0.05, 0) is 12.5 Å². The molecule has 1 aromatic heterocycles. The van der Waals surface area contributed by atoms with Gasteiger partial charge in [-0.3, -0.25) is 9.89 Å². The molecule has 0 aliphatic carbocycles. The van der Waals surface area contributed by atoms with Crippen LogP contribution in [0.5, 0.6) is 0 Å². The third-order valence-corrected chi connectivity index (χ3v) is 3.41. The van der Waals surface area contributed by atoms with Crippen LogP contribution in [-0.2, 0) is 4.74 Å². The number of aromatic amines is 1. The Balaban J connectivity index is 1.58. The first-order chi connectivity index (χ1) is 10.3. The van der Waals surface area contributed by atoms with E-state index in [4.69, 9.17) is 4.74 Å². The Bertz CT molecular complexity index is 667. The van der Waals surface area contributed by atoms with Gasteiger partial charge >= 0.3 is 6.09 Å². The van der Waals surface area contributed by atoms with Gasteiger partial charge in [0, 0.05) is 25.0 Å². The normalized spacial score (nSPS) is 15.0. The van der Waals surface area contributed by atoms with Crippen molar-refractivity contribution in [2.45, 2.75) is 6.42 Å². The largest absolute Gasteiger partial charge is 0.449 e. The maximum atomic E-state index is 12.1. The topological polar surface area (TPSA) is 87.3 Å². The highest BCUT2D eigenvalue weighted by Crippen LogP contribution is 2.14. The van der Waals surface area contributed by atoms with Crippen molar-refractivity contribution in [1.29, 1.82) is 0 Å². The van der Waals surface area contributed by atoms with Crippen LogP contribution in [0.25, 0.3) is 10.9 Å². The Labute approximate surface area is 121 Å². The van der Waals surface area contributed by atoms with E-state index in [0.717, 1.165) is 17.3 Å². The molecule has 2 aromatic rings. The standard InChI is InChI=1S/C14H16N4O3/c19-13(12-10-4-1-2-5-11(10)16-17-12)15-6-8-18-7-3-9-21-14(18)20/h1-2,4-5H,3,6-9H2,(H,15,19)(H,16,17). The van der Waals surface area contributed by atoms with Crippen LogP contribution in [0, 0.1) is 0 Å². The van der Waals surface area contributed by atoms with Crippen molar-refractivity contribution in [2.24, 2.45) is 0 Å². The molecule has 0 spiro atoms. The summed E-state index contributed by atoms with van der Waals surface area (Å²) in [4.78, 5) is 25.2. The maximum Gasteiger partial charge on any atom is 0.409 e. The molecule has 0 saturated carbocycles. The van der Waals surface area contributed by atoms with E-state index >= 15 is 0 Å². The Kier molecular flexibility index (Phi) is 3.72. The van der Waals surface area contributed by atoms with Gasteiger partial charge in [0.05, 0.1) is 12.1 Å². The van der Waals surface area contributed by atoms with Crippen molar-refractivity contribution < 1.29 is 14.3 Å². The quantitative estimate of drug-likeness (QED) is 0.883. The van der Waals surface area contributed by atoms with E-state index in [0.29, 0.717) is 31.9 Å². The molecule has 1 saturated heterocycles. The monoisotopic (exact) mass is 288 g/mol. The average molecular weight is 288 g/mol. The fourth-order valence-corrected chi connectivity index (χ4v) is 2.33. The van der Waals surface area contributed by atoms with Crippen LogP contribution in [0.1, 0.15) is 16.9 Å². The third kappa shape index (κ3) is 2.81. The second-order valence-electron chi connectivity index (χ2n) is 4.83. The lowest BCUT2D eigenvalue weighted by Crippen LogP contribution is -2.42. The number of hydrogen-bond donors (Lipinski definition) is 2. The summed E-state index contributed by atoms with van der Waals surface area (Å²) in [7, 11) is 0. The molecule has 1 aliphatic rings. The average Bonchev–Trinajstić information content (AvgIpc) is 2.93. The Hall–Kier alpha value is -2.57. The minimum Gasteiger partial charge on any atom is -0.449 e. The van der Waals surface area contributed by atoms with Gasteiger partial charge in [0.25, 0.3) is 5.91 Å². The number of aromatic nitrogens is 2. The van der Waals surface area contributed by atoms with Crippen LogP contribution < -0.4 is 5.32 Å². The fraction of sp³-hybridized carbons (Fsp3) is 0.357. The van der Waals surface area contributed by atoms with E-state index < -0.39 is 0 Å². The molecule has 0 radical (unpaired) electrons. The summed E-state index contributed by atoms with van der Waals surface area (Å²) in [5.74, 6) is -0.252. The number of hydrogen-bond acceptors (Lipinski definition) is 4. The number of H-pyrrole nitrogens is 1. The molecule has 110 valence electrons. The summed E-state index contributed by atoms with van der Waals surface area (Å²) in [6, 6.07) is 7.45. The summed E-state index contributed by atoms with van der Waals surface area (Å²) in [6.07, 6.45) is 0.504. The number of rotatable bonds is 4. The lowest BCUT2D eigenvalue weighted by atomic mass is 10.2. The van der Waals surface area contributed by atoms with Crippen molar-refractivity contribution in [2.75, 3.05) is 26.2 Å². The molecule has 7 nitrogen and oxygen atoms in total. The van der Waals surface area contributed by atoms with E-state index in [-0.39, 0.29) is 12.0 Å². The number of carbonyl (C=O) groups excluding carboxylic acids is 2. The zero-order valence-corrected chi connectivity index (χ0v) is 11.5. The molecular weight excluding hydrogens is 272 g/mol. The van der Waals surface area contributed by atoms with Gasteiger partial charge in [0.2, 0.25) is 0 Å². The van der Waals surface area contributed by atoms with E-state index in [1.165, 1.54) is 0 Å². The summed E-state index contributed by atoms with van der Waals surface area (Å²) >= 11 is 0. The molecule has 0 bridgehead atoms. The van der Waals surface area contributed by atoms with Crippen molar-refractivity contribution >= 4 is 22.9 Å². The number of nitrogens with one attached hydrogen (secondary N) is 2. The molecule has 0 atom stereocenters. The number of nitrogens with zero attached hydrogens (tertiary/aromatic N) is 2. The fourth-order valence-electron chi connectivity index (χ4n) is 2.33. The van der Waals surface area contributed by atoms with Gasteiger partial charge < -0.3 is 15.0 Å². The van der Waals surface area contributed by atoms with E-state index in [1.54, 1.807) is 4.90 Å². The lowest BCUT2D eigenvalue weighted by Gasteiger charge is -2.26. The van der Waals surface area contributed by atoms with Gasteiger partial charge in [-0.1, -0.05) is 18.2 Å². The first-order valence-corrected chi connectivity index (χ1v) is 6.89. The molecule has 3 rings (SSSR count). The van der Waals surface area contributed by atoms with Crippen molar-refractivity contribution in [3.63, 3.8) is 0 Å². The third-order valence-electron chi connectivity index (χ3n) is 3.41. The Morgan fingerprint density at radius 3 is 3.14 bits per heavy atom. The van der Waals surface area contributed by atoms with Crippen LogP contribution in [0.2, 0.25) is 0 Å². The molecule has 1 aliphatic heterocycles. The molecule has 21 heavy (non-hydrogen) atoms. The molecule has 2 heterocycles. The van der Waals surface area contributed by atoms with Gasteiger partial charge in [0.1, 0.15) is 0 Å². The Morgan fingerprint density at radius 2 is 2.29 bits per heavy atom. The SMILES string of the molecule is O=C(NCCN1CCCOC1=O)c1n[nH]c2ccccc12. The van der Waals surface area contributed by atoms with Crippen LogP contribution in [0.3, 0.4) is 0 Å². The minimum atomic E-state index is -0.319. The second-order valence-corrected chi connectivity index (χ2v) is 4.83. The van der Waals surface area contributed by atoms with Crippen LogP contribution in [-0.4, -0.2) is 53.3 Å². The number of para-hydroxylation sites is 1. The second kappa shape index (κ2) is 5.82. The zero-order chi connectivity index (χ0) is 14.7. The van der Waals surface area contributed by atoms with E-state index in [1.807, 2.05) is 24.3 Å². The summed E-state index contributed by atoms with van der Waals surface area (Å²) in [6.45, 7) is 1.95. The van der Waals surface area contributed by atoms with Gasteiger partial charge in [0.15, 0.2) is 5.69 Å². The molecule has 7 heteroatoms. The molecule has 2 amide bonds. The van der Waals surface area contributed by atoms with Crippen molar-refractivity contribution in [1.82, 2.24) is 20.4 Å². The number of ether oxygens (including phenoxy) is 1. The summed E-state index contributed by atoms with van der Waals surface area (Å²) in [5.41, 5.74) is 1.19. The van der Waals surface area contributed by atoms with Gasteiger partial charge in [-0.15, -0.1) is 0 Å². The Morgan fingerprint density at radius 1 is 1.43 bits per heavy atom. The van der Waals surface area contributed by atoms with Crippen LogP contribution >= 0.6 is 0 Å². The number of fused-ring (bicyclic) bond motifs is 1. The van der Waals surface area contributed by atoms with Crippen LogP contribution in [0.4, 0.5) is 4.79 Å². The zero-order valence-electron chi connectivity index (χ0n) is 11.5. The predicted octanol–water partition coefficient (Wildman–Crippen LogP) is 1.13. The number of carbonyl (C=O) groups is 2. The minimum absolute atomic E-state index is 0.252. The molecular formula is C14H16N4O3. The summed E-state index contributed by atoms with van der Waals surface area (Å²) < 4.78 is 4.93. The van der Waals surface area contributed by atoms with Crippen molar-refractivity contribution in [3.05, 3.63) is 30.0 Å². The van der Waals surface area contributed by atoms with Crippen molar-refractivity contribution in [3.8, 4) is 0 Å². The number of benzene rings is 1. The molecule has 0 unspecified atom stereocenters. The molecule has 1 fully saturated rings. The molecule has 1 aromatic carbocycles. The summed E-state index contributed by atoms with van der Waals surface area (Å²) in [5, 5.41) is 10.4. The van der Waals surface area contributed by atoms with E-state index in [9.17, 15) is 9.59 Å². The first-order valence-electron chi connectivity index (χ1n) is 6.89. The first kappa shape index (κ1) is 13.4. The van der Waals surface area contributed by atoms with Crippen LogP contribution in [0.15, 0.2) is 24.3 Å². The highest BCUT2D eigenvalue weighted by molar-refractivity contribution is 6.04. The van der Waals surface area contributed by atoms with Gasteiger partial charge in [-0.25, -0.2) is 4.79 Å².